The van der Waals surface area contributed by atoms with Crippen LogP contribution in [0.25, 0.3) is 0 Å². The second-order valence-corrected chi connectivity index (χ2v) is 6.61. The third-order valence-electron chi connectivity index (χ3n) is 4.41. The van der Waals surface area contributed by atoms with E-state index < -0.39 is 12.1 Å². The maximum atomic E-state index is 12.5. The molecule has 1 N–H and O–H groups in total. The zero-order valence-electron chi connectivity index (χ0n) is 14.4. The van der Waals surface area contributed by atoms with Crippen LogP contribution in [0.3, 0.4) is 0 Å². The molecule has 2 amide bonds. The van der Waals surface area contributed by atoms with Crippen LogP contribution in [0, 0.1) is 0 Å². The first-order chi connectivity index (χ1) is 12.6. The van der Waals surface area contributed by atoms with Gasteiger partial charge >= 0.3 is 6.09 Å². The first-order valence-corrected chi connectivity index (χ1v) is 9.01. The molecule has 136 valence electrons. The lowest BCUT2D eigenvalue weighted by Crippen LogP contribution is -2.45. The molecule has 1 unspecified atom stereocenters. The van der Waals surface area contributed by atoms with Crippen molar-refractivity contribution in [2.45, 2.75) is 32.0 Å². The Kier molecular flexibility index (Phi) is 6.12. The SMILES string of the molecule is O=C(NCc1ccccc1Cl)C1CCCN1C(=O)OCc1ccccc1. The molecule has 1 aliphatic rings. The molecule has 1 atom stereocenters. The average molecular weight is 373 g/mol. The zero-order chi connectivity index (χ0) is 18.4. The summed E-state index contributed by atoms with van der Waals surface area (Å²) in [5.74, 6) is -0.181. The van der Waals surface area contributed by atoms with Crippen molar-refractivity contribution in [3.8, 4) is 0 Å². The predicted molar refractivity (Wildman–Crippen MR) is 99.7 cm³/mol. The molecule has 1 saturated heterocycles. The van der Waals surface area contributed by atoms with Gasteiger partial charge in [0, 0.05) is 18.1 Å². The van der Waals surface area contributed by atoms with Crippen molar-refractivity contribution >= 4 is 23.6 Å². The van der Waals surface area contributed by atoms with E-state index in [-0.39, 0.29) is 12.5 Å². The highest BCUT2D eigenvalue weighted by Gasteiger charge is 2.35. The number of hydrogen-bond donors (Lipinski definition) is 1. The van der Waals surface area contributed by atoms with E-state index in [9.17, 15) is 9.59 Å². The van der Waals surface area contributed by atoms with Crippen molar-refractivity contribution in [2.75, 3.05) is 6.54 Å². The van der Waals surface area contributed by atoms with Gasteiger partial charge in [-0.1, -0.05) is 60.1 Å². The molecule has 3 rings (SSSR count). The molecule has 0 bridgehead atoms. The molecule has 1 fully saturated rings. The quantitative estimate of drug-likeness (QED) is 0.869. The Balaban J connectivity index is 1.54. The molecular formula is C20H21ClN2O3. The summed E-state index contributed by atoms with van der Waals surface area (Å²) in [5, 5.41) is 3.48. The van der Waals surface area contributed by atoms with E-state index in [0.717, 1.165) is 17.5 Å². The molecule has 26 heavy (non-hydrogen) atoms. The van der Waals surface area contributed by atoms with Crippen molar-refractivity contribution in [3.05, 3.63) is 70.7 Å². The fourth-order valence-corrected chi connectivity index (χ4v) is 3.20. The molecule has 2 aromatic rings. The van der Waals surface area contributed by atoms with E-state index in [2.05, 4.69) is 5.32 Å². The van der Waals surface area contributed by atoms with Crippen LogP contribution in [0.15, 0.2) is 54.6 Å². The third kappa shape index (κ3) is 4.55. The molecule has 1 heterocycles. The number of rotatable bonds is 5. The smallest absolute Gasteiger partial charge is 0.410 e. The summed E-state index contributed by atoms with van der Waals surface area (Å²) in [6.45, 7) is 1.06. The topological polar surface area (TPSA) is 58.6 Å². The molecule has 6 heteroatoms. The first-order valence-electron chi connectivity index (χ1n) is 8.63. The van der Waals surface area contributed by atoms with Crippen molar-refractivity contribution in [3.63, 3.8) is 0 Å². The Labute approximate surface area is 157 Å². The van der Waals surface area contributed by atoms with Gasteiger partial charge in [0.2, 0.25) is 5.91 Å². The lowest BCUT2D eigenvalue weighted by molar-refractivity contribution is -0.125. The second-order valence-electron chi connectivity index (χ2n) is 6.20. The summed E-state index contributed by atoms with van der Waals surface area (Å²) in [6, 6.07) is 16.3. The highest BCUT2D eigenvalue weighted by molar-refractivity contribution is 6.31. The molecule has 0 spiro atoms. The normalized spacial score (nSPS) is 16.3. The summed E-state index contributed by atoms with van der Waals surface area (Å²) in [5.41, 5.74) is 1.76. The summed E-state index contributed by atoms with van der Waals surface area (Å²) in [4.78, 5) is 26.4. The van der Waals surface area contributed by atoms with Crippen molar-refractivity contribution in [2.24, 2.45) is 0 Å². The van der Waals surface area contributed by atoms with Crippen LogP contribution in [0.4, 0.5) is 4.79 Å². The van der Waals surface area contributed by atoms with E-state index in [1.807, 2.05) is 48.5 Å². The third-order valence-corrected chi connectivity index (χ3v) is 4.77. The number of halogens is 1. The zero-order valence-corrected chi connectivity index (χ0v) is 15.1. The molecule has 1 aliphatic heterocycles. The summed E-state index contributed by atoms with van der Waals surface area (Å²) in [7, 11) is 0. The number of benzene rings is 2. The fraction of sp³-hybridized carbons (Fsp3) is 0.300. The van der Waals surface area contributed by atoms with E-state index in [1.54, 1.807) is 6.07 Å². The van der Waals surface area contributed by atoms with E-state index >= 15 is 0 Å². The molecule has 0 radical (unpaired) electrons. The van der Waals surface area contributed by atoms with Gasteiger partial charge in [0.05, 0.1) is 0 Å². The Hall–Kier alpha value is -2.53. The van der Waals surface area contributed by atoms with Crippen LogP contribution in [0.2, 0.25) is 5.02 Å². The minimum Gasteiger partial charge on any atom is -0.445 e. The van der Waals surface area contributed by atoms with Crippen LogP contribution < -0.4 is 5.32 Å². The molecule has 2 aromatic carbocycles. The largest absolute Gasteiger partial charge is 0.445 e. The van der Waals surface area contributed by atoms with Gasteiger partial charge in [0.1, 0.15) is 12.6 Å². The number of carbonyl (C=O) groups is 2. The number of carbonyl (C=O) groups excluding carboxylic acids is 2. The minimum atomic E-state index is -0.499. The fourth-order valence-electron chi connectivity index (χ4n) is 3.00. The number of amides is 2. The van der Waals surface area contributed by atoms with Gasteiger partial charge in [-0.2, -0.15) is 0 Å². The monoisotopic (exact) mass is 372 g/mol. The van der Waals surface area contributed by atoms with Crippen LogP contribution in [0.5, 0.6) is 0 Å². The van der Waals surface area contributed by atoms with Gasteiger partial charge in [-0.15, -0.1) is 0 Å². The van der Waals surface area contributed by atoms with Crippen LogP contribution in [-0.2, 0) is 22.7 Å². The molecule has 5 nitrogen and oxygen atoms in total. The van der Waals surface area contributed by atoms with Crippen molar-refractivity contribution in [1.29, 1.82) is 0 Å². The van der Waals surface area contributed by atoms with E-state index in [1.165, 1.54) is 4.90 Å². The van der Waals surface area contributed by atoms with Crippen LogP contribution in [-0.4, -0.2) is 29.5 Å². The predicted octanol–water partition coefficient (Wildman–Crippen LogP) is 3.76. The van der Waals surface area contributed by atoms with Gasteiger partial charge in [0.25, 0.3) is 0 Å². The number of nitrogens with one attached hydrogen (secondary N) is 1. The number of likely N-dealkylation sites (tertiary alicyclic amines) is 1. The maximum absolute atomic E-state index is 12.5. The van der Waals surface area contributed by atoms with Crippen LogP contribution in [0.1, 0.15) is 24.0 Å². The summed E-state index contributed by atoms with van der Waals surface area (Å²) < 4.78 is 5.36. The Morgan fingerprint density at radius 3 is 2.62 bits per heavy atom. The molecule has 0 aliphatic carbocycles. The summed E-state index contributed by atoms with van der Waals surface area (Å²) in [6.07, 6.45) is 0.962. The highest BCUT2D eigenvalue weighted by Crippen LogP contribution is 2.20. The van der Waals surface area contributed by atoms with Gasteiger partial charge in [0.15, 0.2) is 0 Å². The second kappa shape index (κ2) is 8.72. The Morgan fingerprint density at radius 1 is 1.12 bits per heavy atom. The van der Waals surface area contributed by atoms with E-state index in [4.69, 9.17) is 16.3 Å². The van der Waals surface area contributed by atoms with E-state index in [0.29, 0.717) is 24.5 Å². The average Bonchev–Trinajstić information content (AvgIpc) is 3.16. The standard InChI is InChI=1S/C20H21ClN2O3/c21-17-10-5-4-9-16(17)13-22-19(24)18-11-6-12-23(18)20(25)26-14-15-7-2-1-3-8-15/h1-5,7-10,18H,6,11-14H2,(H,22,24). The van der Waals surface area contributed by atoms with Gasteiger partial charge in [-0.3, -0.25) is 9.69 Å². The molecular weight excluding hydrogens is 352 g/mol. The lowest BCUT2D eigenvalue weighted by Gasteiger charge is -2.23. The summed E-state index contributed by atoms with van der Waals surface area (Å²) >= 11 is 6.11. The van der Waals surface area contributed by atoms with Gasteiger partial charge in [-0.25, -0.2) is 4.79 Å². The first kappa shape index (κ1) is 18.3. The number of hydrogen-bond acceptors (Lipinski definition) is 3. The highest BCUT2D eigenvalue weighted by atomic mass is 35.5. The molecule has 0 aromatic heterocycles. The Morgan fingerprint density at radius 2 is 1.85 bits per heavy atom. The molecule has 0 saturated carbocycles. The lowest BCUT2D eigenvalue weighted by atomic mass is 10.2. The van der Waals surface area contributed by atoms with Crippen molar-refractivity contribution in [1.82, 2.24) is 10.2 Å². The van der Waals surface area contributed by atoms with Crippen molar-refractivity contribution < 1.29 is 14.3 Å². The Bertz CT molecular complexity index is 767. The van der Waals surface area contributed by atoms with Gasteiger partial charge < -0.3 is 10.1 Å². The van der Waals surface area contributed by atoms with Crippen LogP contribution >= 0.6 is 11.6 Å². The number of ether oxygens (including phenoxy) is 1. The van der Waals surface area contributed by atoms with Gasteiger partial charge in [-0.05, 0) is 30.0 Å². The minimum absolute atomic E-state index is 0.181. The number of nitrogens with zero attached hydrogens (tertiary/aromatic N) is 1. The maximum Gasteiger partial charge on any atom is 0.410 e.